The van der Waals surface area contributed by atoms with Crippen LogP contribution in [-0.4, -0.2) is 111 Å². The molecule has 0 saturated carbocycles. The molecule has 62 heavy (non-hydrogen) atoms. The van der Waals surface area contributed by atoms with Gasteiger partial charge in [0.25, 0.3) is 5.89 Å². The molecule has 4 amide bonds. The lowest BCUT2D eigenvalue weighted by atomic mass is 9.97. The number of nitrogens with one attached hydrogen (secondary N) is 3. The molecule has 0 aliphatic carbocycles. The molecule has 3 aromatic rings. The van der Waals surface area contributed by atoms with Crippen LogP contribution in [0.1, 0.15) is 86.3 Å². The first-order valence-corrected chi connectivity index (χ1v) is 19.9. The fourth-order valence-electron chi connectivity index (χ4n) is 6.30. The summed E-state index contributed by atoms with van der Waals surface area (Å²) in [6, 6.07) is 10.4. The van der Waals surface area contributed by atoms with Gasteiger partial charge in [-0.15, -0.1) is 20.2 Å². The predicted octanol–water partition coefficient (Wildman–Crippen LogP) is 8.14. The molecule has 1 aromatic heterocycles. The number of hydrogen-bond acceptors (Lipinski definition) is 11. The fourth-order valence-corrected chi connectivity index (χ4v) is 6.30. The number of carboxylic acid groups (broad SMARTS) is 1. The van der Waals surface area contributed by atoms with E-state index in [2.05, 4.69) is 36.1 Å². The second-order valence-electron chi connectivity index (χ2n) is 17.4. The normalized spacial score (nSPS) is 15.3. The van der Waals surface area contributed by atoms with Gasteiger partial charge in [0.2, 0.25) is 17.8 Å². The molecule has 2 aliphatic rings. The number of ether oxygens (including phenoxy) is 3. The predicted molar refractivity (Wildman–Crippen MR) is 231 cm³/mol. The minimum atomic E-state index is -1.36. The summed E-state index contributed by atoms with van der Waals surface area (Å²) in [5.74, 6) is -0.562. The Kier molecular flexibility index (Phi) is 14.1. The summed E-state index contributed by atoms with van der Waals surface area (Å²) >= 11 is 0. The summed E-state index contributed by atoms with van der Waals surface area (Å²) in [5, 5.41) is 25.6. The number of aliphatic imine (C=N–C) groups is 2. The highest BCUT2D eigenvalue weighted by atomic mass is 19.1. The Morgan fingerprint density at radius 1 is 0.710 bits per heavy atom. The Labute approximate surface area is 359 Å². The van der Waals surface area contributed by atoms with Gasteiger partial charge in [-0.3, -0.25) is 10.6 Å². The molecule has 5 rings (SSSR count). The Hall–Kier alpha value is -6.79. The van der Waals surface area contributed by atoms with Crippen LogP contribution in [0.5, 0.6) is 0 Å². The first-order valence-electron chi connectivity index (χ1n) is 19.9. The third-order valence-corrected chi connectivity index (χ3v) is 8.92. The highest BCUT2D eigenvalue weighted by Gasteiger charge is 2.27. The minimum absolute atomic E-state index is 0.0101. The maximum absolute atomic E-state index is 15.8. The van der Waals surface area contributed by atoms with E-state index >= 15 is 4.39 Å². The molecule has 0 unspecified atom stereocenters. The Balaban J connectivity index is 1.29. The minimum Gasteiger partial charge on any atom is -0.465 e. The van der Waals surface area contributed by atoms with Crippen LogP contribution in [0.3, 0.4) is 0 Å². The molecule has 0 atom stereocenters. The first-order chi connectivity index (χ1) is 29.0. The van der Waals surface area contributed by atoms with Gasteiger partial charge in [-0.1, -0.05) is 24.3 Å². The molecular formula is C43H54FN9O9. The molecule has 19 heteroatoms. The summed E-state index contributed by atoms with van der Waals surface area (Å²) in [7, 11) is 1.75. The number of guanidine groups is 2. The van der Waals surface area contributed by atoms with Crippen molar-refractivity contribution in [2.24, 2.45) is 9.98 Å². The van der Waals surface area contributed by atoms with Crippen molar-refractivity contribution < 1.29 is 47.3 Å². The summed E-state index contributed by atoms with van der Waals surface area (Å²) in [6.45, 7) is 16.6. The average molecular weight is 860 g/mol. The first kappa shape index (κ1) is 46.3. The molecular weight excluding hydrogens is 806 g/mol. The molecule has 0 radical (unpaired) electrons. The van der Waals surface area contributed by atoms with E-state index in [-0.39, 0.29) is 42.4 Å². The summed E-state index contributed by atoms with van der Waals surface area (Å²) in [4.78, 5) is 60.2. The topological polar surface area (TPSA) is 222 Å². The second kappa shape index (κ2) is 18.9. The number of carbonyl (C=O) groups is 4. The summed E-state index contributed by atoms with van der Waals surface area (Å²) in [6.07, 6.45) is 0.826. The van der Waals surface area contributed by atoms with Crippen LogP contribution in [0, 0.1) is 5.82 Å². The van der Waals surface area contributed by atoms with Gasteiger partial charge in [-0.05, 0) is 122 Å². The van der Waals surface area contributed by atoms with Gasteiger partial charge >= 0.3 is 24.4 Å². The zero-order chi connectivity index (χ0) is 45.6. The van der Waals surface area contributed by atoms with Crippen LogP contribution in [-0.2, 0) is 14.2 Å². The van der Waals surface area contributed by atoms with Gasteiger partial charge in [-0.2, -0.15) is 0 Å². The van der Waals surface area contributed by atoms with Crippen LogP contribution in [0.25, 0.3) is 34.1 Å². The van der Waals surface area contributed by atoms with Crippen molar-refractivity contribution >= 4 is 53.1 Å². The van der Waals surface area contributed by atoms with Crippen molar-refractivity contribution in [2.45, 2.75) is 92.0 Å². The van der Waals surface area contributed by atoms with Crippen molar-refractivity contribution in [2.75, 3.05) is 38.5 Å². The van der Waals surface area contributed by atoms with Gasteiger partial charge in [0.1, 0.15) is 22.6 Å². The zero-order valence-electron chi connectivity index (χ0n) is 36.6. The molecule has 2 aliphatic heterocycles. The van der Waals surface area contributed by atoms with Crippen molar-refractivity contribution in [1.82, 2.24) is 30.6 Å². The van der Waals surface area contributed by atoms with E-state index in [9.17, 15) is 24.3 Å². The standard InChI is InChI=1S/C43H54FN9O9/c1-41(2,3)60-38(56)47-35(46-37(54)55)52-19-17-26(18-20-52)28-12-14-30(32(24-28)45-10)34-51-50-33(59-34)29-13-11-27(23-31(29)44)25-15-21-53(22-16-25)36(48-39(57)61-42(4,5)6)49-40(58)62-43(7,8)9/h11-15,17,23-24,45H,16,18-22H2,1-10H3,(H,54,55)(H,46,47,56)(H,48,49,57,58). The highest BCUT2D eigenvalue weighted by molar-refractivity contribution is 6.00. The van der Waals surface area contributed by atoms with Crippen LogP contribution >= 0.6 is 0 Å². The number of benzene rings is 2. The maximum Gasteiger partial charge on any atom is 0.437 e. The third-order valence-electron chi connectivity index (χ3n) is 8.92. The molecule has 3 heterocycles. The number of alkyl carbamates (subject to hydrolysis) is 1. The lowest BCUT2D eigenvalue weighted by molar-refractivity contribution is 0.0550. The number of halogens is 1. The molecule has 332 valence electrons. The molecule has 0 fully saturated rings. The van der Waals surface area contributed by atoms with Gasteiger partial charge in [0.15, 0.2) is 0 Å². The molecule has 2 aromatic carbocycles. The number of hydrogen-bond donors (Lipinski definition) is 4. The lowest BCUT2D eigenvalue weighted by Crippen LogP contribution is -2.48. The molecule has 4 N–H and O–H groups in total. The third kappa shape index (κ3) is 13.1. The van der Waals surface area contributed by atoms with Crippen LogP contribution in [0.4, 0.5) is 29.3 Å². The van der Waals surface area contributed by atoms with Crippen molar-refractivity contribution in [1.29, 1.82) is 0 Å². The van der Waals surface area contributed by atoms with Crippen molar-refractivity contribution in [3.63, 3.8) is 0 Å². The monoisotopic (exact) mass is 859 g/mol. The number of nitrogens with zero attached hydrogens (tertiary/aromatic N) is 6. The Bertz CT molecular complexity index is 2310. The number of carbonyl (C=O) groups excluding carboxylic acids is 3. The van der Waals surface area contributed by atoms with Gasteiger partial charge in [0.05, 0.1) is 11.1 Å². The largest absolute Gasteiger partial charge is 0.465 e. The molecule has 0 bridgehead atoms. The Morgan fingerprint density at radius 3 is 1.61 bits per heavy atom. The van der Waals surface area contributed by atoms with Crippen LogP contribution in [0.15, 0.2) is 63.0 Å². The van der Waals surface area contributed by atoms with E-state index in [0.717, 1.165) is 16.7 Å². The van der Waals surface area contributed by atoms with Gasteiger partial charge < -0.3 is 38.9 Å². The van der Waals surface area contributed by atoms with E-state index < -0.39 is 47.0 Å². The van der Waals surface area contributed by atoms with E-state index in [1.807, 2.05) is 30.4 Å². The zero-order valence-corrected chi connectivity index (χ0v) is 36.6. The molecule has 0 spiro atoms. The lowest BCUT2D eigenvalue weighted by Gasteiger charge is -2.30. The smallest absolute Gasteiger partial charge is 0.437 e. The number of amides is 4. The van der Waals surface area contributed by atoms with E-state index in [1.165, 1.54) is 6.07 Å². The van der Waals surface area contributed by atoms with Crippen molar-refractivity contribution in [3.8, 4) is 22.9 Å². The fraction of sp³-hybridized carbons (Fsp3) is 0.442. The second-order valence-corrected chi connectivity index (χ2v) is 17.4. The highest BCUT2D eigenvalue weighted by Crippen LogP contribution is 2.35. The van der Waals surface area contributed by atoms with Crippen LogP contribution < -0.4 is 16.0 Å². The number of anilines is 1. The van der Waals surface area contributed by atoms with Crippen molar-refractivity contribution in [3.05, 3.63) is 65.5 Å². The van der Waals surface area contributed by atoms with Gasteiger partial charge in [0, 0.05) is 38.9 Å². The SMILES string of the molecule is CNc1cc(C2=CCN(C(=NC(=O)OC(C)(C)C)NC(=O)O)CC2)ccc1-c1nnc(-c2ccc(C3=CCN(C(=NC(=O)OC(C)(C)C)NC(=O)OC(C)(C)C)CC3)cc2F)o1. The Morgan fingerprint density at radius 2 is 1.18 bits per heavy atom. The summed E-state index contributed by atoms with van der Waals surface area (Å²) in [5.41, 5.74) is 2.36. The number of aromatic nitrogens is 2. The number of rotatable bonds is 5. The van der Waals surface area contributed by atoms with E-state index in [4.69, 9.17) is 18.6 Å². The van der Waals surface area contributed by atoms with Crippen LogP contribution in [0.2, 0.25) is 0 Å². The quantitative estimate of drug-likeness (QED) is 0.108. The summed E-state index contributed by atoms with van der Waals surface area (Å²) < 4.78 is 37.7. The average Bonchev–Trinajstić information content (AvgIpc) is 3.65. The maximum atomic E-state index is 15.8. The molecule has 0 saturated heterocycles. The van der Waals surface area contributed by atoms with Gasteiger partial charge in [-0.25, -0.2) is 23.6 Å². The van der Waals surface area contributed by atoms with E-state index in [0.29, 0.717) is 42.7 Å². The molecule has 18 nitrogen and oxygen atoms in total. The van der Waals surface area contributed by atoms with E-state index in [1.54, 1.807) is 91.3 Å².